The van der Waals surface area contributed by atoms with Crippen LogP contribution >= 0.6 is 0 Å². The molecule has 1 saturated heterocycles. The van der Waals surface area contributed by atoms with Crippen molar-refractivity contribution in [1.82, 2.24) is 5.32 Å². The maximum Gasteiger partial charge on any atom is 0.217 e. The van der Waals surface area contributed by atoms with Gasteiger partial charge in [-0.3, -0.25) is 4.79 Å². The van der Waals surface area contributed by atoms with Gasteiger partial charge in [0.15, 0.2) is 6.29 Å². The number of ether oxygens (including phenoxy) is 2. The zero-order chi connectivity index (χ0) is 20.0. The highest BCUT2D eigenvalue weighted by Gasteiger charge is 2.47. The molecule has 0 spiro atoms. The van der Waals surface area contributed by atoms with E-state index < -0.39 is 74.1 Å². The number of hydrogen-bond acceptors (Lipinski definition) is 11. The summed E-state index contributed by atoms with van der Waals surface area (Å²) in [6.07, 6.45) is -10.1. The second kappa shape index (κ2) is 10.4. The molecular weight excluding hydrogens is 354 g/mol. The topological polar surface area (TPSA) is 221 Å². The number of amides is 1. The van der Waals surface area contributed by atoms with E-state index in [1.54, 1.807) is 0 Å². The first-order valence-corrected chi connectivity index (χ1v) is 8.15. The first-order valence-electron chi connectivity index (χ1n) is 8.15. The summed E-state index contributed by atoms with van der Waals surface area (Å²) in [5.41, 5.74) is 11.1. The smallest absolute Gasteiger partial charge is 0.217 e. The number of hydrogen-bond donors (Lipinski definition) is 9. The molecule has 12 nitrogen and oxygen atoms in total. The first-order chi connectivity index (χ1) is 12.2. The number of carbonyl (C=O) groups excluding carboxylic acids is 1. The molecule has 0 saturated carbocycles. The number of carbonyl (C=O) groups is 1. The fraction of sp³-hybridized carbons (Fsp3) is 0.929. The normalized spacial score (nSPS) is 34.0. The van der Waals surface area contributed by atoms with Gasteiger partial charge < -0.3 is 56.9 Å². The van der Waals surface area contributed by atoms with Crippen molar-refractivity contribution >= 4 is 5.91 Å². The van der Waals surface area contributed by atoms with Crippen LogP contribution < -0.4 is 16.8 Å². The maximum absolute atomic E-state index is 11.2. The van der Waals surface area contributed by atoms with Crippen molar-refractivity contribution in [3.05, 3.63) is 0 Å². The lowest BCUT2D eigenvalue weighted by Crippen LogP contribution is -2.66. The Morgan fingerprint density at radius 2 is 1.85 bits per heavy atom. The molecule has 0 aromatic carbocycles. The second-order valence-corrected chi connectivity index (χ2v) is 6.16. The lowest BCUT2D eigenvalue weighted by molar-refractivity contribution is -0.302. The molecule has 0 radical (unpaired) electrons. The van der Waals surface area contributed by atoms with Gasteiger partial charge in [-0.1, -0.05) is 0 Å². The highest BCUT2D eigenvalue weighted by atomic mass is 16.7. The van der Waals surface area contributed by atoms with Gasteiger partial charge in [-0.05, 0) is 0 Å². The van der Waals surface area contributed by atoms with E-state index in [2.05, 4.69) is 5.32 Å². The van der Waals surface area contributed by atoms with Crippen LogP contribution in [-0.2, 0) is 14.3 Å². The highest BCUT2D eigenvalue weighted by molar-refractivity contribution is 5.73. The van der Waals surface area contributed by atoms with Gasteiger partial charge in [-0.2, -0.15) is 0 Å². The Balaban J connectivity index is 2.96. The minimum atomic E-state index is -1.67. The Morgan fingerprint density at radius 1 is 1.23 bits per heavy atom. The molecule has 1 amide bonds. The molecule has 154 valence electrons. The van der Waals surface area contributed by atoms with Gasteiger partial charge in [-0.15, -0.1) is 0 Å². The van der Waals surface area contributed by atoms with Crippen LogP contribution in [-0.4, -0.2) is 111 Å². The van der Waals surface area contributed by atoms with Crippen molar-refractivity contribution in [2.24, 2.45) is 11.5 Å². The summed E-state index contributed by atoms with van der Waals surface area (Å²) in [7, 11) is 0. The van der Waals surface area contributed by atoms with E-state index in [9.17, 15) is 30.3 Å². The number of aliphatic hydroxyl groups excluding tert-OH is 6. The monoisotopic (exact) mass is 383 g/mol. The van der Waals surface area contributed by atoms with Crippen LogP contribution in [0.2, 0.25) is 0 Å². The fourth-order valence-corrected chi connectivity index (χ4v) is 2.68. The average molecular weight is 383 g/mol. The lowest BCUT2D eigenvalue weighted by Gasteiger charge is -2.44. The van der Waals surface area contributed by atoms with Gasteiger partial charge >= 0.3 is 0 Å². The third kappa shape index (κ3) is 5.53. The molecule has 9 atom stereocenters. The lowest BCUT2D eigenvalue weighted by atomic mass is 9.95. The van der Waals surface area contributed by atoms with E-state index in [0.717, 1.165) is 0 Å². The van der Waals surface area contributed by atoms with E-state index in [1.807, 2.05) is 0 Å². The van der Waals surface area contributed by atoms with Crippen molar-refractivity contribution in [3.63, 3.8) is 0 Å². The summed E-state index contributed by atoms with van der Waals surface area (Å²) < 4.78 is 10.8. The summed E-state index contributed by atoms with van der Waals surface area (Å²) in [4.78, 5) is 11.2. The molecule has 1 aliphatic rings. The molecule has 26 heavy (non-hydrogen) atoms. The standard InChI is InChI=1S/C14H29N3O9/c1-5(20)17-10-8(4-19)25-14(12(24)11(10)23)26-13(6(21)2-15)9(16)7(22)3-18/h6-14,18-19,21-24H,2-4,15-16H2,1H3,(H,17,20)/t6-,7+,8?,9+,10+,11?,12?,13+,14+/m0/s1. The Labute approximate surface area is 150 Å². The number of nitrogens with one attached hydrogen (secondary N) is 1. The third-order valence-corrected chi connectivity index (χ3v) is 4.18. The molecular formula is C14H29N3O9. The Hall–Kier alpha value is -0.930. The molecule has 1 heterocycles. The molecule has 11 N–H and O–H groups in total. The number of rotatable bonds is 9. The van der Waals surface area contributed by atoms with Gasteiger partial charge in [0.25, 0.3) is 0 Å². The van der Waals surface area contributed by atoms with E-state index in [1.165, 1.54) is 6.92 Å². The molecule has 12 heteroatoms. The van der Waals surface area contributed by atoms with Gasteiger partial charge in [-0.25, -0.2) is 0 Å². The summed E-state index contributed by atoms with van der Waals surface area (Å²) in [6.45, 7) is -0.429. The first kappa shape index (κ1) is 23.1. The van der Waals surface area contributed by atoms with Crippen LogP contribution in [0.5, 0.6) is 0 Å². The van der Waals surface area contributed by atoms with Crippen molar-refractivity contribution in [3.8, 4) is 0 Å². The molecule has 1 rings (SSSR count). The van der Waals surface area contributed by atoms with Crippen molar-refractivity contribution in [1.29, 1.82) is 0 Å². The summed E-state index contributed by atoms with van der Waals surface area (Å²) in [5.74, 6) is -0.507. The summed E-state index contributed by atoms with van der Waals surface area (Å²) in [5, 5.41) is 60.9. The Morgan fingerprint density at radius 3 is 2.31 bits per heavy atom. The number of aliphatic hydroxyl groups is 6. The van der Waals surface area contributed by atoms with Crippen LogP contribution in [0.15, 0.2) is 0 Å². The molecule has 1 fully saturated rings. The minimum absolute atomic E-state index is 0.306. The molecule has 0 aromatic heterocycles. The maximum atomic E-state index is 11.2. The largest absolute Gasteiger partial charge is 0.394 e. The predicted molar refractivity (Wildman–Crippen MR) is 86.4 cm³/mol. The molecule has 0 aliphatic carbocycles. The Kier molecular flexibility index (Phi) is 9.26. The average Bonchev–Trinajstić information content (AvgIpc) is 2.62. The van der Waals surface area contributed by atoms with Crippen LogP contribution in [0, 0.1) is 0 Å². The summed E-state index contributed by atoms with van der Waals surface area (Å²) in [6, 6.07) is -2.38. The number of nitrogens with two attached hydrogens (primary N) is 2. The Bertz CT molecular complexity index is 442. The van der Waals surface area contributed by atoms with Crippen LogP contribution in [0.25, 0.3) is 0 Å². The van der Waals surface area contributed by atoms with Crippen LogP contribution in [0.1, 0.15) is 6.92 Å². The van der Waals surface area contributed by atoms with Crippen molar-refractivity contribution in [2.45, 2.75) is 61.9 Å². The van der Waals surface area contributed by atoms with Gasteiger partial charge in [0.1, 0.15) is 24.4 Å². The predicted octanol–water partition coefficient (Wildman–Crippen LogP) is -5.68. The fourth-order valence-electron chi connectivity index (χ4n) is 2.68. The molecule has 1 aliphatic heterocycles. The van der Waals surface area contributed by atoms with Gasteiger partial charge in [0.05, 0.1) is 37.5 Å². The zero-order valence-corrected chi connectivity index (χ0v) is 14.4. The van der Waals surface area contributed by atoms with Gasteiger partial charge in [0, 0.05) is 13.5 Å². The van der Waals surface area contributed by atoms with Gasteiger partial charge in [0.2, 0.25) is 5.91 Å². The second-order valence-electron chi connectivity index (χ2n) is 6.16. The molecule has 0 bridgehead atoms. The molecule has 3 unspecified atom stereocenters. The third-order valence-electron chi connectivity index (χ3n) is 4.18. The SMILES string of the molecule is CC(=O)N[C@@H]1C(CO)O[C@H](O[C@@H]([C@H](N)[C@H](O)CO)[C@@H](O)CN)C(O)C1O. The molecule has 0 aromatic rings. The highest BCUT2D eigenvalue weighted by Crippen LogP contribution is 2.24. The minimum Gasteiger partial charge on any atom is -0.394 e. The van der Waals surface area contributed by atoms with E-state index in [-0.39, 0.29) is 6.54 Å². The quantitative estimate of drug-likeness (QED) is 0.182. The van der Waals surface area contributed by atoms with E-state index >= 15 is 0 Å². The zero-order valence-electron chi connectivity index (χ0n) is 14.4. The van der Waals surface area contributed by atoms with Crippen LogP contribution in [0.3, 0.4) is 0 Å². The summed E-state index contributed by atoms with van der Waals surface area (Å²) >= 11 is 0. The van der Waals surface area contributed by atoms with Crippen LogP contribution in [0.4, 0.5) is 0 Å². The van der Waals surface area contributed by atoms with E-state index in [0.29, 0.717) is 0 Å². The van der Waals surface area contributed by atoms with Crippen molar-refractivity contribution in [2.75, 3.05) is 19.8 Å². The van der Waals surface area contributed by atoms with E-state index in [4.69, 9.17) is 26.0 Å². The van der Waals surface area contributed by atoms with Crippen molar-refractivity contribution < 1.29 is 44.9 Å².